The standard InChI is InChI=1S/C23H31F17O7/c24-16(25,2-1-4-42-6-8-44-10-12-46-14-15-47-13-11-45-9-7-43-5-3-41)17(26,27)18(28,29)19(30,31)20(32,33)21(34,35)22(36,37)23(38,39)40/h41H,1-15H2. The molecule has 0 unspecified atom stereocenters. The molecule has 0 saturated heterocycles. The number of aliphatic hydroxyl groups is 1. The van der Waals surface area contributed by atoms with Crippen LogP contribution in [0, 0.1) is 0 Å². The molecule has 0 aromatic carbocycles. The lowest BCUT2D eigenvalue weighted by Crippen LogP contribution is -2.74. The molecule has 0 spiro atoms. The van der Waals surface area contributed by atoms with Crippen molar-refractivity contribution in [3.63, 3.8) is 0 Å². The average molecular weight is 742 g/mol. The van der Waals surface area contributed by atoms with E-state index in [9.17, 15) is 74.6 Å². The number of ether oxygens (including phenoxy) is 6. The van der Waals surface area contributed by atoms with Gasteiger partial charge in [0.05, 0.1) is 79.3 Å². The van der Waals surface area contributed by atoms with Gasteiger partial charge in [-0.05, 0) is 6.42 Å². The molecule has 0 amide bonds. The van der Waals surface area contributed by atoms with Crippen molar-refractivity contribution in [2.75, 3.05) is 85.9 Å². The molecule has 0 aliphatic rings. The van der Waals surface area contributed by atoms with E-state index < -0.39 is 73.7 Å². The summed E-state index contributed by atoms with van der Waals surface area (Å²) in [5.41, 5.74) is 0. The number of halogens is 17. The normalized spacial score (nSPS) is 14.7. The van der Waals surface area contributed by atoms with Crippen molar-refractivity contribution in [3.05, 3.63) is 0 Å². The zero-order chi connectivity index (χ0) is 36.8. The Morgan fingerprint density at radius 2 is 0.574 bits per heavy atom. The fourth-order valence-electron chi connectivity index (χ4n) is 3.02. The molecule has 0 heterocycles. The SMILES string of the molecule is OCCOCCOCCOCCOCCOCCOCCCC(F)(F)C(F)(F)C(F)(F)C(F)(F)C(F)(F)C(F)(F)C(F)(F)C(F)(F)F. The Balaban J connectivity index is 4.60. The van der Waals surface area contributed by atoms with E-state index >= 15 is 0 Å². The molecule has 0 radical (unpaired) electrons. The topological polar surface area (TPSA) is 75.6 Å². The van der Waals surface area contributed by atoms with Crippen molar-refractivity contribution >= 4 is 0 Å². The van der Waals surface area contributed by atoms with Crippen LogP contribution in [0.4, 0.5) is 74.6 Å². The first-order chi connectivity index (χ1) is 21.3. The minimum absolute atomic E-state index is 0.0288. The molecule has 0 aliphatic heterocycles. The van der Waals surface area contributed by atoms with Gasteiger partial charge in [0.2, 0.25) is 0 Å². The molecule has 0 atom stereocenters. The summed E-state index contributed by atoms with van der Waals surface area (Å²) in [6, 6.07) is 0. The van der Waals surface area contributed by atoms with Gasteiger partial charge in [-0.25, -0.2) is 0 Å². The Hall–Kier alpha value is -1.47. The third-order valence-electron chi connectivity index (χ3n) is 5.66. The summed E-state index contributed by atoms with van der Waals surface area (Å²) in [4.78, 5) is 0. The van der Waals surface area contributed by atoms with Crippen LogP contribution in [0.1, 0.15) is 12.8 Å². The smallest absolute Gasteiger partial charge is 0.394 e. The highest BCUT2D eigenvalue weighted by Gasteiger charge is 2.95. The van der Waals surface area contributed by atoms with Crippen LogP contribution in [0.2, 0.25) is 0 Å². The fraction of sp³-hybridized carbons (Fsp3) is 1.00. The van der Waals surface area contributed by atoms with E-state index in [0.717, 1.165) is 0 Å². The lowest BCUT2D eigenvalue weighted by molar-refractivity contribution is -0.461. The first-order valence-electron chi connectivity index (χ1n) is 13.1. The largest absolute Gasteiger partial charge is 0.460 e. The van der Waals surface area contributed by atoms with Crippen LogP contribution in [-0.4, -0.2) is 139 Å². The van der Waals surface area contributed by atoms with Gasteiger partial charge in [-0.15, -0.1) is 0 Å². The Labute approximate surface area is 255 Å². The van der Waals surface area contributed by atoms with Crippen LogP contribution < -0.4 is 0 Å². The van der Waals surface area contributed by atoms with Gasteiger partial charge in [0.15, 0.2) is 0 Å². The molecule has 47 heavy (non-hydrogen) atoms. The molecule has 1 N–H and O–H groups in total. The van der Waals surface area contributed by atoms with E-state index in [-0.39, 0.29) is 59.5 Å². The average Bonchev–Trinajstić information content (AvgIpc) is 2.94. The fourth-order valence-corrected chi connectivity index (χ4v) is 3.02. The summed E-state index contributed by atoms with van der Waals surface area (Å²) < 4.78 is 255. The minimum Gasteiger partial charge on any atom is -0.394 e. The Bertz CT molecular complexity index is 873. The van der Waals surface area contributed by atoms with Crippen molar-refractivity contribution in [1.29, 1.82) is 0 Å². The van der Waals surface area contributed by atoms with Crippen molar-refractivity contribution in [2.24, 2.45) is 0 Å². The number of hydrogen-bond acceptors (Lipinski definition) is 7. The van der Waals surface area contributed by atoms with E-state index in [1.54, 1.807) is 0 Å². The van der Waals surface area contributed by atoms with E-state index in [4.69, 9.17) is 28.8 Å². The highest BCUT2D eigenvalue weighted by Crippen LogP contribution is 2.64. The van der Waals surface area contributed by atoms with Gasteiger partial charge in [0, 0.05) is 13.0 Å². The molecular formula is C23H31F17O7. The van der Waals surface area contributed by atoms with E-state index in [2.05, 4.69) is 4.74 Å². The maximum Gasteiger partial charge on any atom is 0.460 e. The lowest BCUT2D eigenvalue weighted by Gasteiger charge is -2.42. The quantitative estimate of drug-likeness (QED) is 0.0835. The second-order valence-electron chi connectivity index (χ2n) is 9.15. The number of alkyl halides is 17. The molecule has 24 heteroatoms. The molecular weight excluding hydrogens is 711 g/mol. The number of aliphatic hydroxyl groups excluding tert-OH is 1. The van der Waals surface area contributed by atoms with Gasteiger partial charge in [-0.1, -0.05) is 0 Å². The molecule has 7 nitrogen and oxygen atoms in total. The molecule has 0 aromatic rings. The summed E-state index contributed by atoms with van der Waals surface area (Å²) in [7, 11) is 0. The van der Waals surface area contributed by atoms with Crippen molar-refractivity contribution in [3.8, 4) is 0 Å². The molecule has 0 aliphatic carbocycles. The summed E-state index contributed by atoms with van der Waals surface area (Å²) in [5.74, 6) is -56.3. The Morgan fingerprint density at radius 3 is 0.872 bits per heavy atom. The van der Waals surface area contributed by atoms with Crippen LogP contribution in [0.3, 0.4) is 0 Å². The highest BCUT2D eigenvalue weighted by molar-refractivity contribution is 5.15. The lowest BCUT2D eigenvalue weighted by atomic mass is 9.88. The highest BCUT2D eigenvalue weighted by atomic mass is 19.4. The first kappa shape index (κ1) is 45.5. The second-order valence-corrected chi connectivity index (χ2v) is 9.15. The molecule has 0 bridgehead atoms. The third kappa shape index (κ3) is 11.3. The van der Waals surface area contributed by atoms with Crippen molar-refractivity contribution < 1.29 is 108 Å². The first-order valence-corrected chi connectivity index (χ1v) is 13.1. The predicted octanol–water partition coefficient (Wildman–Crippen LogP) is 5.87. The molecule has 0 saturated carbocycles. The molecule has 0 rings (SSSR count). The number of hydrogen-bond donors (Lipinski definition) is 1. The van der Waals surface area contributed by atoms with Gasteiger partial charge in [0.1, 0.15) is 0 Å². The summed E-state index contributed by atoms with van der Waals surface area (Å²) in [6.45, 7) is -0.219. The van der Waals surface area contributed by atoms with Crippen LogP contribution in [0.5, 0.6) is 0 Å². The van der Waals surface area contributed by atoms with Crippen LogP contribution in [0.15, 0.2) is 0 Å². The second kappa shape index (κ2) is 18.5. The third-order valence-corrected chi connectivity index (χ3v) is 5.66. The zero-order valence-electron chi connectivity index (χ0n) is 23.9. The van der Waals surface area contributed by atoms with Gasteiger partial charge < -0.3 is 33.5 Å². The van der Waals surface area contributed by atoms with E-state index in [0.29, 0.717) is 13.2 Å². The van der Waals surface area contributed by atoms with Gasteiger partial charge >= 0.3 is 47.6 Å². The van der Waals surface area contributed by atoms with Crippen LogP contribution in [-0.2, 0) is 28.4 Å². The van der Waals surface area contributed by atoms with Gasteiger partial charge in [0.25, 0.3) is 0 Å². The van der Waals surface area contributed by atoms with E-state index in [1.807, 2.05) is 0 Å². The van der Waals surface area contributed by atoms with Gasteiger partial charge in [-0.3, -0.25) is 0 Å². The Kier molecular flexibility index (Phi) is 17.9. The molecule has 0 aromatic heterocycles. The van der Waals surface area contributed by atoms with Crippen LogP contribution >= 0.6 is 0 Å². The van der Waals surface area contributed by atoms with Gasteiger partial charge in [-0.2, -0.15) is 74.6 Å². The summed E-state index contributed by atoms with van der Waals surface area (Å²) >= 11 is 0. The molecule has 0 fully saturated rings. The van der Waals surface area contributed by atoms with Crippen molar-refractivity contribution in [1.82, 2.24) is 0 Å². The van der Waals surface area contributed by atoms with Crippen molar-refractivity contribution in [2.45, 2.75) is 60.5 Å². The maximum atomic E-state index is 13.8. The Morgan fingerprint density at radius 1 is 0.319 bits per heavy atom. The summed E-state index contributed by atoms with van der Waals surface area (Å²) in [5, 5.41) is 8.50. The minimum atomic E-state index is -8.64. The van der Waals surface area contributed by atoms with Crippen LogP contribution in [0.25, 0.3) is 0 Å². The molecule has 284 valence electrons. The van der Waals surface area contributed by atoms with E-state index in [1.165, 1.54) is 0 Å². The zero-order valence-corrected chi connectivity index (χ0v) is 23.9. The number of rotatable bonds is 27. The summed E-state index contributed by atoms with van der Waals surface area (Å²) in [6.07, 6.45) is -11.7. The maximum absolute atomic E-state index is 13.8. The monoisotopic (exact) mass is 742 g/mol. The predicted molar refractivity (Wildman–Crippen MR) is 122 cm³/mol.